The Morgan fingerprint density at radius 1 is 1.42 bits per heavy atom. The summed E-state index contributed by atoms with van der Waals surface area (Å²) < 4.78 is 0. The zero-order valence-corrected chi connectivity index (χ0v) is 9.33. The Kier molecular flexibility index (Phi) is 5.60. The number of nitrogens with one attached hydrogen (secondary N) is 1. The quantitative estimate of drug-likeness (QED) is 0.670. The summed E-state index contributed by atoms with van der Waals surface area (Å²) in [6.07, 6.45) is 1.20. The van der Waals surface area contributed by atoms with Crippen molar-refractivity contribution in [2.45, 2.75) is 34.1 Å². The van der Waals surface area contributed by atoms with Crippen molar-refractivity contribution in [1.29, 1.82) is 0 Å². The third-order valence-electron chi connectivity index (χ3n) is 1.64. The third kappa shape index (κ3) is 8.09. The molecule has 0 radical (unpaired) electrons. The van der Waals surface area contributed by atoms with Gasteiger partial charge < -0.3 is 5.32 Å². The lowest BCUT2D eigenvalue weighted by atomic mass is 9.92. The number of hydrogen-bond donors (Lipinski definition) is 1. The Balaban J connectivity index is 3.34. The van der Waals surface area contributed by atoms with Crippen LogP contribution in [0, 0.1) is 5.41 Å². The summed E-state index contributed by atoms with van der Waals surface area (Å²) in [7, 11) is 0. The van der Waals surface area contributed by atoms with Gasteiger partial charge in [-0.15, -0.1) is 0 Å². The van der Waals surface area contributed by atoms with Gasteiger partial charge in [0.15, 0.2) is 0 Å². The Labute approximate surface area is 81.2 Å². The summed E-state index contributed by atoms with van der Waals surface area (Å²) in [5.74, 6) is 0. The molecular formula is C10H20ClN. The first-order valence-electron chi connectivity index (χ1n) is 4.42. The minimum absolute atomic E-state index is 0.422. The normalized spacial score (nSPS) is 13.6. The van der Waals surface area contributed by atoms with Crippen molar-refractivity contribution >= 4 is 11.6 Å². The first-order chi connectivity index (χ1) is 5.45. The molecule has 0 aromatic heterocycles. The molecule has 0 atom stereocenters. The Morgan fingerprint density at radius 2 is 2.00 bits per heavy atom. The molecule has 0 heterocycles. The van der Waals surface area contributed by atoms with E-state index in [0.717, 1.165) is 13.1 Å². The van der Waals surface area contributed by atoms with E-state index in [9.17, 15) is 0 Å². The molecule has 0 fully saturated rings. The molecular weight excluding hydrogens is 170 g/mol. The summed E-state index contributed by atoms with van der Waals surface area (Å²) in [5, 5.41) is 3.34. The van der Waals surface area contributed by atoms with E-state index >= 15 is 0 Å². The smallest absolute Gasteiger partial charge is 0.0173 e. The predicted octanol–water partition coefficient (Wildman–Crippen LogP) is 3.15. The highest BCUT2D eigenvalue weighted by atomic mass is 35.5. The highest BCUT2D eigenvalue weighted by Crippen LogP contribution is 2.16. The first-order valence-corrected chi connectivity index (χ1v) is 4.86. The minimum Gasteiger partial charge on any atom is -0.313 e. The second kappa shape index (κ2) is 5.60. The van der Waals surface area contributed by atoms with E-state index in [1.54, 1.807) is 5.54 Å². The van der Waals surface area contributed by atoms with Crippen molar-refractivity contribution in [1.82, 2.24) is 5.32 Å². The maximum absolute atomic E-state index is 5.52. The number of halogens is 1. The van der Waals surface area contributed by atoms with Gasteiger partial charge in [0.25, 0.3) is 0 Å². The van der Waals surface area contributed by atoms with E-state index in [2.05, 4.69) is 26.1 Å². The van der Waals surface area contributed by atoms with Crippen LogP contribution in [0.2, 0.25) is 0 Å². The van der Waals surface area contributed by atoms with Crippen LogP contribution in [0.4, 0.5) is 0 Å². The molecule has 0 saturated heterocycles. The average molecular weight is 190 g/mol. The van der Waals surface area contributed by atoms with Gasteiger partial charge in [-0.05, 0) is 30.9 Å². The van der Waals surface area contributed by atoms with Crippen LogP contribution in [0.15, 0.2) is 11.1 Å². The number of rotatable bonds is 4. The van der Waals surface area contributed by atoms with E-state index in [4.69, 9.17) is 11.6 Å². The van der Waals surface area contributed by atoms with Crippen molar-refractivity contribution in [3.05, 3.63) is 11.1 Å². The SMILES string of the molecule is CC(=CCl)CNCCC(C)(C)C. The zero-order chi connectivity index (χ0) is 9.61. The lowest BCUT2D eigenvalue weighted by Gasteiger charge is -2.18. The van der Waals surface area contributed by atoms with Crippen LogP contribution < -0.4 is 5.32 Å². The molecule has 1 N–H and O–H groups in total. The Morgan fingerprint density at radius 3 is 2.42 bits per heavy atom. The fraction of sp³-hybridized carbons (Fsp3) is 0.800. The molecule has 0 bridgehead atoms. The predicted molar refractivity (Wildman–Crippen MR) is 56.6 cm³/mol. The van der Waals surface area contributed by atoms with E-state index in [0.29, 0.717) is 5.41 Å². The standard InChI is InChI=1S/C10H20ClN/c1-9(7-11)8-12-6-5-10(2,3)4/h7,12H,5-6,8H2,1-4H3. The van der Waals surface area contributed by atoms with Gasteiger partial charge in [0, 0.05) is 12.1 Å². The van der Waals surface area contributed by atoms with Gasteiger partial charge in [-0.1, -0.05) is 32.4 Å². The van der Waals surface area contributed by atoms with E-state index < -0.39 is 0 Å². The molecule has 0 aliphatic carbocycles. The van der Waals surface area contributed by atoms with Gasteiger partial charge in [0.05, 0.1) is 0 Å². The van der Waals surface area contributed by atoms with Crippen molar-refractivity contribution in [3.8, 4) is 0 Å². The molecule has 1 nitrogen and oxygen atoms in total. The Hall–Kier alpha value is -0.0100. The summed E-state index contributed by atoms with van der Waals surface area (Å²) in [6.45, 7) is 10.7. The summed E-state index contributed by atoms with van der Waals surface area (Å²) >= 11 is 5.52. The van der Waals surface area contributed by atoms with E-state index in [1.807, 2.05) is 6.92 Å². The lowest BCUT2D eigenvalue weighted by Crippen LogP contribution is -2.21. The molecule has 0 amide bonds. The largest absolute Gasteiger partial charge is 0.313 e. The van der Waals surface area contributed by atoms with Crippen molar-refractivity contribution in [2.24, 2.45) is 5.41 Å². The van der Waals surface area contributed by atoms with Crippen LogP contribution >= 0.6 is 11.6 Å². The second-order valence-electron chi connectivity index (χ2n) is 4.44. The van der Waals surface area contributed by atoms with Gasteiger partial charge in [0.2, 0.25) is 0 Å². The fourth-order valence-electron chi connectivity index (χ4n) is 0.788. The van der Waals surface area contributed by atoms with Crippen LogP contribution in [0.25, 0.3) is 0 Å². The monoisotopic (exact) mass is 189 g/mol. The molecule has 0 unspecified atom stereocenters. The average Bonchev–Trinajstić information content (AvgIpc) is 1.96. The molecule has 2 heteroatoms. The molecule has 12 heavy (non-hydrogen) atoms. The maximum atomic E-state index is 5.52. The van der Waals surface area contributed by atoms with Gasteiger partial charge in [-0.25, -0.2) is 0 Å². The molecule has 0 rings (SSSR count). The summed E-state index contributed by atoms with van der Waals surface area (Å²) in [6, 6.07) is 0. The van der Waals surface area contributed by atoms with Gasteiger partial charge in [-0.3, -0.25) is 0 Å². The third-order valence-corrected chi connectivity index (χ3v) is 2.01. The van der Waals surface area contributed by atoms with Crippen LogP contribution in [-0.4, -0.2) is 13.1 Å². The van der Waals surface area contributed by atoms with Crippen LogP contribution in [0.1, 0.15) is 34.1 Å². The summed E-state index contributed by atoms with van der Waals surface area (Å²) in [5.41, 5.74) is 3.24. The minimum atomic E-state index is 0.422. The maximum Gasteiger partial charge on any atom is 0.0173 e. The molecule has 0 spiro atoms. The van der Waals surface area contributed by atoms with Crippen molar-refractivity contribution < 1.29 is 0 Å². The molecule has 0 aliphatic rings. The topological polar surface area (TPSA) is 12.0 Å². The van der Waals surface area contributed by atoms with Crippen LogP contribution in [0.3, 0.4) is 0 Å². The van der Waals surface area contributed by atoms with Crippen molar-refractivity contribution in [2.75, 3.05) is 13.1 Å². The Bertz CT molecular complexity index is 144. The first kappa shape index (κ1) is 12.0. The van der Waals surface area contributed by atoms with E-state index in [-0.39, 0.29) is 0 Å². The molecule has 0 aromatic carbocycles. The number of hydrogen-bond acceptors (Lipinski definition) is 1. The van der Waals surface area contributed by atoms with Crippen molar-refractivity contribution in [3.63, 3.8) is 0 Å². The van der Waals surface area contributed by atoms with Crippen LogP contribution in [0.5, 0.6) is 0 Å². The van der Waals surface area contributed by atoms with Gasteiger partial charge in [-0.2, -0.15) is 0 Å². The van der Waals surface area contributed by atoms with Gasteiger partial charge >= 0.3 is 0 Å². The summed E-state index contributed by atoms with van der Waals surface area (Å²) in [4.78, 5) is 0. The highest BCUT2D eigenvalue weighted by Gasteiger charge is 2.08. The fourth-order valence-corrected chi connectivity index (χ4v) is 0.865. The molecule has 72 valence electrons. The lowest BCUT2D eigenvalue weighted by molar-refractivity contribution is 0.370. The van der Waals surface area contributed by atoms with Gasteiger partial charge in [0.1, 0.15) is 0 Å². The zero-order valence-electron chi connectivity index (χ0n) is 8.58. The highest BCUT2D eigenvalue weighted by molar-refractivity contribution is 6.25. The second-order valence-corrected chi connectivity index (χ2v) is 4.66. The molecule has 0 aliphatic heterocycles. The molecule has 0 saturated carbocycles. The van der Waals surface area contributed by atoms with E-state index in [1.165, 1.54) is 12.0 Å². The molecule has 0 aromatic rings. The van der Waals surface area contributed by atoms with Crippen LogP contribution in [-0.2, 0) is 0 Å².